The van der Waals surface area contributed by atoms with Crippen molar-refractivity contribution in [3.8, 4) is 0 Å². The summed E-state index contributed by atoms with van der Waals surface area (Å²) < 4.78 is 98.2. The Balaban J connectivity index is 1.28. The van der Waals surface area contributed by atoms with Crippen molar-refractivity contribution in [2.24, 2.45) is 40.4 Å². The zero-order chi connectivity index (χ0) is 33.6. The van der Waals surface area contributed by atoms with Gasteiger partial charge in [-0.15, -0.1) is 0 Å². The molecule has 46 heavy (non-hydrogen) atoms. The van der Waals surface area contributed by atoms with E-state index in [9.17, 15) is 40.6 Å². The molecule has 5 aliphatic rings. The average Bonchev–Trinajstić information content (AvgIpc) is 3.35. The first-order chi connectivity index (χ1) is 21.2. The Morgan fingerprint density at radius 1 is 0.891 bits per heavy atom. The summed E-state index contributed by atoms with van der Waals surface area (Å²) in [5.74, 6) is -2.44. The van der Waals surface area contributed by atoms with Crippen molar-refractivity contribution in [1.82, 2.24) is 0 Å². The normalized spacial score (nSPS) is 40.2. The monoisotopic (exact) mass is 672 g/mol. The molecule has 4 saturated carbocycles. The topological polar surface area (TPSA) is 74.6 Å². The quantitative estimate of drug-likeness (QED) is 0.234. The van der Waals surface area contributed by atoms with Crippen LogP contribution in [0.2, 0.25) is 0 Å². The molecule has 0 aromatic heterocycles. The van der Waals surface area contributed by atoms with Crippen molar-refractivity contribution < 1.29 is 40.6 Å². The molecule has 6 rings (SSSR count). The fourth-order valence-corrected chi connectivity index (χ4v) is 13.2. The predicted octanol–water partition coefficient (Wildman–Crippen LogP) is 8.67. The minimum atomic E-state index is -4.67. The molecule has 0 bridgehead atoms. The Bertz CT molecular complexity index is 1430. The molecule has 2 N–H and O–H groups in total. The number of halogens is 5. The molecule has 0 spiro atoms. The molecule has 258 valence electrons. The van der Waals surface area contributed by atoms with Gasteiger partial charge in [-0.05, 0) is 117 Å². The molecule has 1 aromatic rings. The second kappa shape index (κ2) is 11.3. The van der Waals surface area contributed by atoms with Gasteiger partial charge in [-0.1, -0.05) is 50.6 Å². The minimum Gasteiger partial charge on any atom is -0.390 e. The Labute approximate surface area is 270 Å². The highest BCUT2D eigenvalue weighted by Crippen LogP contribution is 2.68. The number of rotatable bonds is 6. The molecular weight excluding hydrogens is 623 g/mol. The van der Waals surface area contributed by atoms with Crippen molar-refractivity contribution >= 4 is 9.84 Å². The van der Waals surface area contributed by atoms with E-state index in [-0.39, 0.29) is 78.4 Å². The van der Waals surface area contributed by atoms with E-state index in [2.05, 4.69) is 13.8 Å². The van der Waals surface area contributed by atoms with Gasteiger partial charge >= 0.3 is 6.18 Å². The summed E-state index contributed by atoms with van der Waals surface area (Å²) in [6.07, 6.45) is -0.361. The van der Waals surface area contributed by atoms with E-state index in [0.29, 0.717) is 6.42 Å². The van der Waals surface area contributed by atoms with Crippen LogP contribution in [0.4, 0.5) is 22.0 Å². The molecule has 4 nitrogen and oxygen atoms in total. The molecule has 5 aliphatic carbocycles. The second-order valence-electron chi connectivity index (χ2n) is 16.2. The largest absolute Gasteiger partial charge is 0.417 e. The van der Waals surface area contributed by atoms with Gasteiger partial charge in [-0.3, -0.25) is 0 Å². The fraction of sp³-hybridized carbons (Fsp3) is 0.778. The van der Waals surface area contributed by atoms with Crippen molar-refractivity contribution in [3.05, 3.63) is 42.0 Å². The lowest BCUT2D eigenvalue weighted by Gasteiger charge is -2.59. The summed E-state index contributed by atoms with van der Waals surface area (Å²) in [5, 5.41) is 21.2. The van der Waals surface area contributed by atoms with Gasteiger partial charge in [-0.2, -0.15) is 13.2 Å². The van der Waals surface area contributed by atoms with Crippen LogP contribution in [0, 0.1) is 40.4 Å². The summed E-state index contributed by atoms with van der Waals surface area (Å²) in [5.41, 5.74) is -4.04. The van der Waals surface area contributed by atoms with Crippen LogP contribution in [0.15, 0.2) is 46.9 Å². The van der Waals surface area contributed by atoms with Gasteiger partial charge in [0.15, 0.2) is 15.4 Å². The zero-order valence-corrected chi connectivity index (χ0v) is 27.9. The molecule has 0 radical (unpaired) electrons. The lowest BCUT2D eigenvalue weighted by atomic mass is 9.46. The molecule has 1 aromatic carbocycles. The van der Waals surface area contributed by atoms with Crippen molar-refractivity contribution in [2.75, 3.05) is 0 Å². The Kier molecular flexibility index (Phi) is 8.41. The maximum atomic E-state index is 14.3. The van der Waals surface area contributed by atoms with Gasteiger partial charge in [0, 0.05) is 19.3 Å². The molecule has 10 heteroatoms. The summed E-state index contributed by atoms with van der Waals surface area (Å²) in [6, 6.07) is 8.22. The zero-order valence-electron chi connectivity index (χ0n) is 27.1. The minimum absolute atomic E-state index is 0.0235. The standard InChI is InChI=1S/C36H49F5O4S/c1-23(30(46(44,45)25-7-5-4-6-8-25)22-33(42)16-19-35(37,38)20-17-33)27-11-12-28-26-10-9-24-21-34(43,36(39,40)41)18-15-31(24,2)29(26)13-14-32(27,28)3/h4-9,23,26-30,42-43H,10-22H2,1-3H3/t23-,26-,27+,28-,29?,30?,31-,32+,34-/m0/s1. The Morgan fingerprint density at radius 2 is 1.54 bits per heavy atom. The highest BCUT2D eigenvalue weighted by Gasteiger charge is 2.64. The number of aliphatic hydroxyl groups is 2. The van der Waals surface area contributed by atoms with Gasteiger partial charge in [0.25, 0.3) is 0 Å². The summed E-state index contributed by atoms with van der Waals surface area (Å²) in [6.45, 7) is 6.31. The first-order valence-electron chi connectivity index (χ1n) is 17.1. The van der Waals surface area contributed by atoms with Crippen LogP contribution in [0.25, 0.3) is 0 Å². The van der Waals surface area contributed by atoms with Gasteiger partial charge in [0.1, 0.15) is 0 Å². The number of allylic oxidation sites excluding steroid dienone is 1. The highest BCUT2D eigenvalue weighted by molar-refractivity contribution is 7.92. The van der Waals surface area contributed by atoms with Gasteiger partial charge in [0.2, 0.25) is 5.92 Å². The second-order valence-corrected chi connectivity index (χ2v) is 18.4. The van der Waals surface area contributed by atoms with Crippen LogP contribution >= 0.6 is 0 Å². The van der Waals surface area contributed by atoms with Crippen LogP contribution < -0.4 is 0 Å². The van der Waals surface area contributed by atoms with E-state index in [4.69, 9.17) is 0 Å². The predicted molar refractivity (Wildman–Crippen MR) is 166 cm³/mol. The van der Waals surface area contributed by atoms with E-state index >= 15 is 0 Å². The lowest BCUT2D eigenvalue weighted by Crippen LogP contribution is -2.56. The van der Waals surface area contributed by atoms with Crippen LogP contribution in [0.5, 0.6) is 0 Å². The van der Waals surface area contributed by atoms with Crippen LogP contribution in [-0.2, 0) is 9.84 Å². The van der Waals surface area contributed by atoms with E-state index in [0.717, 1.165) is 31.3 Å². The molecule has 0 amide bonds. The smallest absolute Gasteiger partial charge is 0.390 e. The fourth-order valence-electron chi connectivity index (χ4n) is 11.1. The first kappa shape index (κ1) is 34.3. The maximum Gasteiger partial charge on any atom is 0.417 e. The Hall–Kier alpha value is -1.52. The molecule has 0 saturated heterocycles. The maximum absolute atomic E-state index is 14.3. The van der Waals surface area contributed by atoms with Gasteiger partial charge < -0.3 is 10.2 Å². The molecular formula is C36H49F5O4S. The highest BCUT2D eigenvalue weighted by atomic mass is 32.2. The summed E-state index contributed by atoms with van der Waals surface area (Å²) in [7, 11) is -3.91. The number of sulfone groups is 1. The van der Waals surface area contributed by atoms with E-state index < -0.39 is 56.6 Å². The number of fused-ring (bicyclic) bond motifs is 5. The first-order valence-corrected chi connectivity index (χ1v) is 18.7. The van der Waals surface area contributed by atoms with Gasteiger partial charge in [-0.25, -0.2) is 17.2 Å². The third-order valence-corrected chi connectivity index (χ3v) is 16.3. The lowest BCUT2D eigenvalue weighted by molar-refractivity contribution is -0.271. The number of hydrogen-bond donors (Lipinski definition) is 2. The van der Waals surface area contributed by atoms with Crippen LogP contribution in [0.3, 0.4) is 0 Å². The third kappa shape index (κ3) is 5.58. The Morgan fingerprint density at radius 3 is 2.17 bits per heavy atom. The SMILES string of the molecule is C[C@H](C(CC1(O)CCC(F)(F)CC1)S(=O)(=O)c1ccccc1)[C@H]1CC[C@H]2[C@@H]3CC=C4C[C@](O)(C(F)(F)F)CC[C@]4(C)C3CC[C@]12C. The van der Waals surface area contributed by atoms with Crippen molar-refractivity contribution in [2.45, 2.75) is 138 Å². The molecule has 2 unspecified atom stereocenters. The van der Waals surface area contributed by atoms with Crippen LogP contribution in [0.1, 0.15) is 104 Å². The molecule has 0 aliphatic heterocycles. The van der Waals surface area contributed by atoms with Crippen molar-refractivity contribution in [3.63, 3.8) is 0 Å². The van der Waals surface area contributed by atoms with Crippen LogP contribution in [-0.4, -0.2) is 47.2 Å². The number of hydrogen-bond acceptors (Lipinski definition) is 4. The van der Waals surface area contributed by atoms with E-state index in [1.165, 1.54) is 0 Å². The van der Waals surface area contributed by atoms with E-state index in [1.807, 2.05) is 13.0 Å². The number of alkyl halides is 5. The van der Waals surface area contributed by atoms with Crippen molar-refractivity contribution in [1.29, 1.82) is 0 Å². The molecule has 4 fully saturated rings. The summed E-state index contributed by atoms with van der Waals surface area (Å²) in [4.78, 5) is 0.175. The average molecular weight is 673 g/mol. The summed E-state index contributed by atoms with van der Waals surface area (Å²) >= 11 is 0. The molecule has 9 atom stereocenters. The molecule has 0 heterocycles. The number of benzene rings is 1. The van der Waals surface area contributed by atoms with Gasteiger partial charge in [0.05, 0.1) is 15.7 Å². The third-order valence-electron chi connectivity index (χ3n) is 14.0. The van der Waals surface area contributed by atoms with E-state index in [1.54, 1.807) is 30.3 Å².